The van der Waals surface area contributed by atoms with Crippen molar-refractivity contribution in [3.05, 3.63) is 46.9 Å². The summed E-state index contributed by atoms with van der Waals surface area (Å²) in [5.74, 6) is 0.144. The first-order valence-corrected chi connectivity index (χ1v) is 9.73. The number of aromatic nitrogens is 3. The summed E-state index contributed by atoms with van der Waals surface area (Å²) in [6.07, 6.45) is 1.57. The second-order valence-electron chi connectivity index (χ2n) is 6.90. The van der Waals surface area contributed by atoms with Crippen LogP contribution in [0.5, 0.6) is 0 Å². The van der Waals surface area contributed by atoms with E-state index >= 15 is 0 Å². The van der Waals surface area contributed by atoms with E-state index in [2.05, 4.69) is 42.7 Å². The van der Waals surface area contributed by atoms with Crippen LogP contribution in [0.4, 0.5) is 16.0 Å². The summed E-state index contributed by atoms with van der Waals surface area (Å²) in [5, 5.41) is 12.9. The summed E-state index contributed by atoms with van der Waals surface area (Å²) < 4.78 is 18.9. The number of nitrogens with zero attached hydrogens (tertiary/aromatic N) is 4. The molecule has 2 aromatic heterocycles. The number of H-pyrrole nitrogens is 1. The lowest BCUT2D eigenvalue weighted by Crippen LogP contribution is -2.46. The molecule has 1 aromatic carbocycles. The molecule has 1 aliphatic heterocycles. The number of halogens is 2. The van der Waals surface area contributed by atoms with Crippen LogP contribution in [0.25, 0.3) is 11.2 Å². The zero-order valence-electron chi connectivity index (χ0n) is 16.2. The van der Waals surface area contributed by atoms with Crippen molar-refractivity contribution in [2.24, 2.45) is 4.99 Å². The Morgan fingerprint density at radius 2 is 2.33 bits per heavy atom. The first-order valence-electron chi connectivity index (χ1n) is 9.36. The second-order valence-corrected chi connectivity index (χ2v) is 7.31. The molecule has 158 valence electrons. The Kier molecular flexibility index (Phi) is 6.09. The Labute approximate surface area is 176 Å². The predicted octanol–water partition coefficient (Wildman–Crippen LogP) is 2.55. The molecule has 1 saturated heterocycles. The van der Waals surface area contributed by atoms with Gasteiger partial charge in [-0.15, -0.1) is 0 Å². The minimum Gasteiger partial charge on any atom is -0.378 e. The summed E-state index contributed by atoms with van der Waals surface area (Å²) in [6, 6.07) is 5.95. The van der Waals surface area contributed by atoms with E-state index in [9.17, 15) is 9.60 Å². The number of rotatable bonds is 5. The normalized spacial score (nSPS) is 18.0. The Balaban J connectivity index is 1.60. The number of hydrogen-bond acceptors (Lipinski definition) is 7. The Morgan fingerprint density at radius 3 is 3.10 bits per heavy atom. The molecule has 1 aliphatic rings. The van der Waals surface area contributed by atoms with Crippen molar-refractivity contribution in [3.63, 3.8) is 0 Å². The smallest absolute Gasteiger partial charge is 0.202 e. The third-order valence-corrected chi connectivity index (χ3v) is 5.21. The average Bonchev–Trinajstić information content (AvgIpc) is 3.17. The largest absolute Gasteiger partial charge is 0.378 e. The quantitative estimate of drug-likeness (QED) is 0.278. The van der Waals surface area contributed by atoms with Crippen LogP contribution in [0.3, 0.4) is 0 Å². The molecular formula is C19H21ClFN7O2. The predicted molar refractivity (Wildman–Crippen MR) is 112 cm³/mol. The van der Waals surface area contributed by atoms with Gasteiger partial charge in [0.25, 0.3) is 0 Å². The van der Waals surface area contributed by atoms with Crippen LogP contribution in [0, 0.1) is 5.82 Å². The number of anilines is 1. The molecule has 0 aliphatic carbocycles. The van der Waals surface area contributed by atoms with Crippen molar-refractivity contribution >= 4 is 40.2 Å². The van der Waals surface area contributed by atoms with E-state index in [1.807, 2.05) is 0 Å². The lowest BCUT2D eigenvalue weighted by Gasteiger charge is -2.32. The van der Waals surface area contributed by atoms with Gasteiger partial charge in [0.1, 0.15) is 5.82 Å². The van der Waals surface area contributed by atoms with Gasteiger partial charge in [0, 0.05) is 24.8 Å². The lowest BCUT2D eigenvalue weighted by atomic mass is 10.2. The molecule has 1 fully saturated rings. The van der Waals surface area contributed by atoms with E-state index in [0.29, 0.717) is 41.5 Å². The van der Waals surface area contributed by atoms with E-state index in [4.69, 9.17) is 16.3 Å². The topological polar surface area (TPSA) is 111 Å². The molecule has 0 unspecified atom stereocenters. The Bertz CT molecular complexity index is 1070. The fourth-order valence-corrected chi connectivity index (χ4v) is 3.36. The van der Waals surface area contributed by atoms with Crippen LogP contribution in [0.15, 0.2) is 35.5 Å². The van der Waals surface area contributed by atoms with Gasteiger partial charge < -0.3 is 15.0 Å². The molecular weight excluding hydrogens is 413 g/mol. The van der Waals surface area contributed by atoms with Crippen LogP contribution in [0.1, 0.15) is 5.56 Å². The molecule has 1 atom stereocenters. The molecule has 4 rings (SSSR count). The van der Waals surface area contributed by atoms with Gasteiger partial charge in [0.05, 0.1) is 35.5 Å². The number of morpholine rings is 1. The maximum Gasteiger partial charge on any atom is 0.202 e. The number of fused-ring (bicyclic) bond motifs is 1. The first-order chi connectivity index (χ1) is 14.5. The van der Waals surface area contributed by atoms with E-state index in [-0.39, 0.29) is 16.9 Å². The van der Waals surface area contributed by atoms with E-state index in [1.54, 1.807) is 12.3 Å². The molecule has 11 heteroatoms. The summed E-state index contributed by atoms with van der Waals surface area (Å²) in [7, 11) is 2.06. The standard InChI is InChI=1S/C19H21ClFN7O2/c1-28-6-7-30-10-12(28)9-23-19-25-16-13(4-5-22-18(16)26-19)17(27-29)24-11-2-3-15(21)14(20)8-11/h2-5,8,12,29H,6-7,9-10H2,1H3,(H,24,27)(H2,22,23,25,26)/t12-/m1/s1. The maximum absolute atomic E-state index is 13.4. The van der Waals surface area contributed by atoms with Crippen LogP contribution in [-0.4, -0.2) is 70.3 Å². The molecule has 0 radical (unpaired) electrons. The zero-order valence-corrected chi connectivity index (χ0v) is 16.9. The number of aromatic amines is 1. The summed E-state index contributed by atoms with van der Waals surface area (Å²) in [5.41, 5.74) is 4.05. The minimum absolute atomic E-state index is 0.0573. The molecule has 30 heavy (non-hydrogen) atoms. The highest BCUT2D eigenvalue weighted by Gasteiger charge is 2.20. The number of benzene rings is 1. The third-order valence-electron chi connectivity index (χ3n) is 4.92. The highest BCUT2D eigenvalue weighted by Crippen LogP contribution is 2.23. The Morgan fingerprint density at radius 1 is 1.47 bits per heavy atom. The van der Waals surface area contributed by atoms with Gasteiger partial charge in [-0.25, -0.2) is 14.4 Å². The first kappa shape index (κ1) is 20.5. The van der Waals surface area contributed by atoms with Gasteiger partial charge in [-0.1, -0.05) is 11.6 Å². The minimum atomic E-state index is -0.543. The number of nitrogens with one attached hydrogen (secondary N) is 3. The molecule has 3 aromatic rings. The third kappa shape index (κ3) is 4.36. The van der Waals surface area contributed by atoms with E-state index in [0.717, 1.165) is 13.2 Å². The number of hydrogen-bond donors (Lipinski definition) is 4. The number of aliphatic imine (C=N–C) groups is 1. The molecule has 0 amide bonds. The molecule has 0 bridgehead atoms. The number of pyridine rings is 1. The van der Waals surface area contributed by atoms with Crippen LogP contribution in [-0.2, 0) is 4.74 Å². The van der Waals surface area contributed by atoms with Crippen molar-refractivity contribution < 1.29 is 14.3 Å². The van der Waals surface area contributed by atoms with Gasteiger partial charge in [-0.3, -0.25) is 15.6 Å². The van der Waals surface area contributed by atoms with Crippen molar-refractivity contribution in [2.75, 3.05) is 38.7 Å². The van der Waals surface area contributed by atoms with Crippen molar-refractivity contribution in [3.8, 4) is 0 Å². The number of ether oxygens (including phenoxy) is 1. The van der Waals surface area contributed by atoms with Crippen molar-refractivity contribution in [1.82, 2.24) is 25.3 Å². The number of hydroxylamine groups is 1. The second kappa shape index (κ2) is 8.92. The van der Waals surface area contributed by atoms with Crippen LogP contribution < -0.4 is 10.8 Å². The van der Waals surface area contributed by atoms with Crippen LogP contribution in [0.2, 0.25) is 5.02 Å². The molecule has 0 saturated carbocycles. The average molecular weight is 434 g/mol. The van der Waals surface area contributed by atoms with Gasteiger partial charge in [-0.2, -0.15) is 4.98 Å². The Hall–Kier alpha value is -2.79. The molecule has 0 spiro atoms. The monoisotopic (exact) mass is 433 g/mol. The molecule has 3 heterocycles. The van der Waals surface area contributed by atoms with Gasteiger partial charge >= 0.3 is 0 Å². The van der Waals surface area contributed by atoms with E-state index in [1.165, 1.54) is 18.2 Å². The maximum atomic E-state index is 13.4. The lowest BCUT2D eigenvalue weighted by molar-refractivity contribution is 0.0109. The number of amidine groups is 1. The summed E-state index contributed by atoms with van der Waals surface area (Å²) in [4.78, 5) is 18.5. The molecule has 9 nitrogen and oxygen atoms in total. The van der Waals surface area contributed by atoms with Crippen molar-refractivity contribution in [1.29, 1.82) is 0 Å². The van der Waals surface area contributed by atoms with Crippen LogP contribution >= 0.6 is 11.6 Å². The van der Waals surface area contributed by atoms with E-state index < -0.39 is 5.82 Å². The highest BCUT2D eigenvalue weighted by molar-refractivity contribution is 6.31. The SMILES string of the molecule is CN1CCOC[C@H]1CNc1nc2nccc(C(=Nc3ccc(F)c(Cl)c3)NO)c2[nH]1. The number of imidazole rings is 1. The zero-order chi connectivity index (χ0) is 21.1. The number of likely N-dealkylation sites (N-methyl/N-ethyl adjacent to an activating group) is 1. The highest BCUT2D eigenvalue weighted by atomic mass is 35.5. The fraction of sp³-hybridized carbons (Fsp3) is 0.316. The van der Waals surface area contributed by atoms with Gasteiger partial charge in [0.15, 0.2) is 11.5 Å². The molecule has 4 N–H and O–H groups in total. The summed E-state index contributed by atoms with van der Waals surface area (Å²) in [6.45, 7) is 2.92. The van der Waals surface area contributed by atoms with Gasteiger partial charge in [0.2, 0.25) is 5.95 Å². The van der Waals surface area contributed by atoms with Gasteiger partial charge in [-0.05, 0) is 31.3 Å². The fourth-order valence-electron chi connectivity index (χ4n) is 3.19. The van der Waals surface area contributed by atoms with Crippen molar-refractivity contribution in [2.45, 2.75) is 6.04 Å². The summed E-state index contributed by atoms with van der Waals surface area (Å²) >= 11 is 5.82.